The summed E-state index contributed by atoms with van der Waals surface area (Å²) in [5, 5.41) is 6.50. The highest BCUT2D eigenvalue weighted by Crippen LogP contribution is 2.44. The van der Waals surface area contributed by atoms with Crippen LogP contribution in [0.25, 0.3) is 115 Å². The number of rotatable bonds is 4. The molecule has 0 spiro atoms. The lowest BCUT2D eigenvalue weighted by molar-refractivity contribution is 0.668. The molecule has 4 aromatic heterocycles. The maximum atomic E-state index is 6.82. The number of aromatic nitrogens is 3. The van der Waals surface area contributed by atoms with Crippen molar-refractivity contribution in [1.29, 1.82) is 0 Å². The van der Waals surface area contributed by atoms with Crippen LogP contribution in [0.4, 0.5) is 0 Å². The first-order chi connectivity index (χ1) is 27.2. The normalized spacial score (nSPS) is 12.9. The number of para-hydroxylation sites is 2. The van der Waals surface area contributed by atoms with Crippen LogP contribution in [0, 0.1) is 0 Å². The third-order valence-corrected chi connectivity index (χ3v) is 12.2. The summed E-state index contributed by atoms with van der Waals surface area (Å²) in [5.41, 5.74) is 10.8. The highest BCUT2D eigenvalue weighted by Gasteiger charge is 2.22. The Morgan fingerprint density at radius 3 is 2.00 bits per heavy atom. The molecule has 0 fully saturated rings. The van der Waals surface area contributed by atoms with E-state index in [1.807, 2.05) is 30.3 Å². The molecular formula is C49H29N3O2S. The predicted molar refractivity (Wildman–Crippen MR) is 226 cm³/mol. The molecule has 0 N–H and O–H groups in total. The number of allylic oxidation sites excluding steroid dienone is 1. The molecule has 6 heteroatoms. The SMILES string of the molecule is C1=Cc2cc(-c3nc(-c4cccc5oc6c(-c7cccc8oc9ccccc9c78)cccc6c45)nc(-c4cccc5sc6ccccc6c45)n3)ccc2CC1. The molecule has 0 radical (unpaired) electrons. The summed E-state index contributed by atoms with van der Waals surface area (Å²) in [6.45, 7) is 0. The zero-order valence-electron chi connectivity index (χ0n) is 29.4. The van der Waals surface area contributed by atoms with Gasteiger partial charge in [-0.15, -0.1) is 11.3 Å². The highest BCUT2D eigenvalue weighted by atomic mass is 32.1. The van der Waals surface area contributed by atoms with Gasteiger partial charge < -0.3 is 8.83 Å². The molecular weight excluding hydrogens is 695 g/mol. The van der Waals surface area contributed by atoms with Crippen LogP contribution in [0.5, 0.6) is 0 Å². The Balaban J connectivity index is 1.12. The Morgan fingerprint density at radius 1 is 0.473 bits per heavy atom. The third kappa shape index (κ3) is 4.68. The van der Waals surface area contributed by atoms with E-state index < -0.39 is 0 Å². The Kier molecular flexibility index (Phi) is 6.56. The molecule has 0 saturated carbocycles. The second kappa shape index (κ2) is 11.8. The number of thiophene rings is 1. The fourth-order valence-electron chi connectivity index (χ4n) is 8.52. The van der Waals surface area contributed by atoms with E-state index >= 15 is 0 Å². The molecule has 55 heavy (non-hydrogen) atoms. The Morgan fingerprint density at radius 2 is 1.11 bits per heavy atom. The second-order valence-electron chi connectivity index (χ2n) is 14.2. The van der Waals surface area contributed by atoms with Gasteiger partial charge in [0, 0.05) is 64.0 Å². The van der Waals surface area contributed by atoms with Crippen LogP contribution in [-0.2, 0) is 6.42 Å². The number of hydrogen-bond acceptors (Lipinski definition) is 6. The van der Waals surface area contributed by atoms with Gasteiger partial charge in [-0.3, -0.25) is 0 Å². The quantitative estimate of drug-likeness (QED) is 0.181. The van der Waals surface area contributed by atoms with Crippen LogP contribution < -0.4 is 0 Å². The summed E-state index contributed by atoms with van der Waals surface area (Å²) in [4.78, 5) is 15.8. The van der Waals surface area contributed by atoms with E-state index in [4.69, 9.17) is 23.8 Å². The minimum atomic E-state index is 0.603. The van der Waals surface area contributed by atoms with E-state index in [0.717, 1.165) is 89.9 Å². The summed E-state index contributed by atoms with van der Waals surface area (Å²) in [6.07, 6.45) is 6.55. The zero-order valence-corrected chi connectivity index (χ0v) is 30.2. The monoisotopic (exact) mass is 723 g/mol. The average Bonchev–Trinajstić information content (AvgIpc) is 3.95. The molecule has 4 heterocycles. The first kappa shape index (κ1) is 30.6. The number of hydrogen-bond donors (Lipinski definition) is 0. The van der Waals surface area contributed by atoms with Gasteiger partial charge in [0.25, 0.3) is 0 Å². The van der Waals surface area contributed by atoms with Crippen LogP contribution >= 0.6 is 11.3 Å². The number of benzene rings is 7. The average molecular weight is 724 g/mol. The number of fused-ring (bicyclic) bond motifs is 10. The van der Waals surface area contributed by atoms with E-state index in [0.29, 0.717) is 17.5 Å². The summed E-state index contributed by atoms with van der Waals surface area (Å²) >= 11 is 1.80. The first-order valence-electron chi connectivity index (χ1n) is 18.6. The van der Waals surface area contributed by atoms with Gasteiger partial charge in [-0.2, -0.15) is 0 Å². The molecule has 1 aliphatic carbocycles. The van der Waals surface area contributed by atoms with Crippen molar-refractivity contribution in [3.8, 4) is 45.3 Å². The molecule has 258 valence electrons. The molecule has 5 nitrogen and oxygen atoms in total. The lowest BCUT2D eigenvalue weighted by atomic mass is 9.95. The fraction of sp³-hybridized carbons (Fsp3) is 0.0408. The maximum absolute atomic E-state index is 6.82. The van der Waals surface area contributed by atoms with E-state index in [2.05, 4.69) is 121 Å². The van der Waals surface area contributed by atoms with Gasteiger partial charge in [0.05, 0.1) is 0 Å². The van der Waals surface area contributed by atoms with E-state index in [1.54, 1.807) is 11.3 Å². The topological polar surface area (TPSA) is 65.0 Å². The molecule has 0 bridgehead atoms. The van der Waals surface area contributed by atoms with Gasteiger partial charge in [-0.25, -0.2) is 15.0 Å². The zero-order chi connectivity index (χ0) is 36.0. The summed E-state index contributed by atoms with van der Waals surface area (Å²) < 4.78 is 15.5. The van der Waals surface area contributed by atoms with Crippen molar-refractivity contribution in [2.45, 2.75) is 12.8 Å². The lowest BCUT2D eigenvalue weighted by Crippen LogP contribution is -2.02. The molecule has 0 atom stereocenters. The fourth-order valence-corrected chi connectivity index (χ4v) is 9.65. The lowest BCUT2D eigenvalue weighted by Gasteiger charge is -2.13. The van der Waals surface area contributed by atoms with Crippen LogP contribution in [0.3, 0.4) is 0 Å². The summed E-state index contributed by atoms with van der Waals surface area (Å²) in [7, 11) is 0. The van der Waals surface area contributed by atoms with Gasteiger partial charge in [-0.1, -0.05) is 115 Å². The van der Waals surface area contributed by atoms with Crippen molar-refractivity contribution in [1.82, 2.24) is 15.0 Å². The van der Waals surface area contributed by atoms with Crippen molar-refractivity contribution in [3.05, 3.63) is 157 Å². The largest absolute Gasteiger partial charge is 0.456 e. The number of nitrogens with zero attached hydrogens (tertiary/aromatic N) is 3. The van der Waals surface area contributed by atoms with Crippen molar-refractivity contribution in [2.24, 2.45) is 0 Å². The molecule has 12 rings (SSSR count). The molecule has 11 aromatic rings. The maximum Gasteiger partial charge on any atom is 0.164 e. The minimum absolute atomic E-state index is 0.603. The molecule has 0 unspecified atom stereocenters. The minimum Gasteiger partial charge on any atom is -0.456 e. The smallest absolute Gasteiger partial charge is 0.164 e. The van der Waals surface area contributed by atoms with E-state index in [-0.39, 0.29) is 0 Å². The Hall–Kier alpha value is -6.89. The standard InChI is InChI=1S/C49H29N3O2S/c1-2-12-29-27-30(26-25-28(29)11-1)47-50-48(52-49(51-47)37-19-10-24-42-45(37)34-14-4-6-23-41(34)55-42)36-18-9-22-40-44(36)35-17-7-16-32(46(35)54-40)31-15-8-21-39-43(31)33-13-3-5-20-38(33)53-39/h2-10,12-27H,1,11H2. The molecule has 1 aliphatic rings. The Labute approximate surface area is 318 Å². The summed E-state index contributed by atoms with van der Waals surface area (Å²) in [6, 6.07) is 48.6. The van der Waals surface area contributed by atoms with Crippen molar-refractivity contribution >= 4 is 81.5 Å². The van der Waals surface area contributed by atoms with Crippen molar-refractivity contribution in [2.75, 3.05) is 0 Å². The van der Waals surface area contributed by atoms with Gasteiger partial charge in [0.15, 0.2) is 17.5 Å². The third-order valence-electron chi connectivity index (χ3n) is 11.0. The Bertz CT molecular complexity index is 3400. The van der Waals surface area contributed by atoms with Gasteiger partial charge >= 0.3 is 0 Å². The molecule has 0 aliphatic heterocycles. The van der Waals surface area contributed by atoms with Gasteiger partial charge in [-0.05, 0) is 65.9 Å². The van der Waals surface area contributed by atoms with Crippen LogP contribution in [-0.4, -0.2) is 15.0 Å². The van der Waals surface area contributed by atoms with Crippen molar-refractivity contribution < 1.29 is 8.83 Å². The number of furan rings is 2. The van der Waals surface area contributed by atoms with Crippen LogP contribution in [0.15, 0.2) is 154 Å². The number of aryl methyl sites for hydroxylation is 1. The summed E-state index contributed by atoms with van der Waals surface area (Å²) in [5.74, 6) is 1.89. The van der Waals surface area contributed by atoms with E-state index in [9.17, 15) is 0 Å². The van der Waals surface area contributed by atoms with E-state index in [1.165, 1.54) is 25.9 Å². The first-order valence-corrected chi connectivity index (χ1v) is 19.4. The van der Waals surface area contributed by atoms with Crippen molar-refractivity contribution in [3.63, 3.8) is 0 Å². The molecule has 0 saturated heterocycles. The van der Waals surface area contributed by atoms with Crippen LogP contribution in [0.1, 0.15) is 17.5 Å². The predicted octanol–water partition coefficient (Wildman–Crippen LogP) is 13.7. The highest BCUT2D eigenvalue weighted by molar-refractivity contribution is 7.25. The van der Waals surface area contributed by atoms with Crippen LogP contribution in [0.2, 0.25) is 0 Å². The van der Waals surface area contributed by atoms with Gasteiger partial charge in [0.2, 0.25) is 0 Å². The molecule has 7 aromatic carbocycles. The van der Waals surface area contributed by atoms with Gasteiger partial charge in [0.1, 0.15) is 22.3 Å². The second-order valence-corrected chi connectivity index (χ2v) is 15.3. The molecule has 0 amide bonds.